The number of carbonyl (C=O) groups is 9. The third kappa shape index (κ3) is 20.3. The number of ether oxygens (including phenoxy) is 3. The van der Waals surface area contributed by atoms with Crippen molar-refractivity contribution in [1.29, 1.82) is 0 Å². The number of alkyl carbamates (subject to hydrolysis) is 1. The Bertz CT molecular complexity index is 4180. The molecule has 4 fully saturated rings. The number of anilines is 4. The Hall–Kier alpha value is -10.9. The molecular formula is C77H86F2N12O12S2. The van der Waals surface area contributed by atoms with Crippen LogP contribution >= 0.6 is 24.4 Å². The quantitative estimate of drug-likeness (QED) is 0.0121. The molecule has 7 N–H and O–H groups in total. The first-order valence-electron chi connectivity index (χ1n) is 35.1. The molecule has 3 atom stereocenters. The topological polar surface area (TPSA) is 287 Å². The van der Waals surface area contributed by atoms with Crippen LogP contribution in [0.3, 0.4) is 0 Å². The monoisotopic (exact) mass is 1470 g/mol. The summed E-state index contributed by atoms with van der Waals surface area (Å²) in [5, 5.41) is 14.2. The minimum absolute atomic E-state index is 0.0331. The molecule has 6 aromatic rings. The van der Waals surface area contributed by atoms with Crippen LogP contribution in [0.1, 0.15) is 108 Å². The van der Waals surface area contributed by atoms with E-state index in [0.29, 0.717) is 135 Å². The molecule has 0 spiro atoms. The SMILES string of the molecule is CCC(=S)NC[C@H]1CN(c2ccc(N3CCN(C(=O)CCC(=O)c4ccc(CNC(=O)/C=C/N)cc4)CC3)c(F)c2)C(=O)O1.CCC(=S)NC[C@H]1CN(c2ccc(N3CCN(C(=O)CCC(=O)c4ccc(CNC(=O)C(C)NC(=O)OCC5c6ccccc6-c6ccccc65)cc4)CC3)c(F)c2)C(=O)O1. The maximum absolute atomic E-state index is 15.3. The summed E-state index contributed by atoms with van der Waals surface area (Å²) in [5.74, 6) is -2.34. The van der Waals surface area contributed by atoms with Crippen LogP contribution in [-0.2, 0) is 46.5 Å². The van der Waals surface area contributed by atoms with Crippen LogP contribution in [0.25, 0.3) is 11.1 Å². The maximum atomic E-state index is 15.3. The number of hydrogen-bond acceptors (Lipinski definition) is 17. The summed E-state index contributed by atoms with van der Waals surface area (Å²) in [7, 11) is 0. The Morgan fingerprint density at radius 1 is 0.571 bits per heavy atom. The van der Waals surface area contributed by atoms with Crippen LogP contribution in [0.5, 0.6) is 0 Å². The van der Waals surface area contributed by atoms with E-state index < -0.39 is 48.0 Å². The van der Waals surface area contributed by atoms with Crippen molar-refractivity contribution >= 4 is 111 Å². The van der Waals surface area contributed by atoms with Crippen LogP contribution in [0.4, 0.5) is 45.9 Å². The van der Waals surface area contributed by atoms with Gasteiger partial charge in [0.2, 0.25) is 23.6 Å². The molecule has 552 valence electrons. The van der Waals surface area contributed by atoms with Gasteiger partial charge in [-0.05, 0) is 95.7 Å². The van der Waals surface area contributed by atoms with Gasteiger partial charge in [-0.25, -0.2) is 23.2 Å². The first kappa shape index (κ1) is 76.8. The molecule has 4 heterocycles. The van der Waals surface area contributed by atoms with Gasteiger partial charge in [-0.2, -0.15) is 0 Å². The van der Waals surface area contributed by atoms with Crippen LogP contribution < -0.4 is 51.9 Å². The normalized spacial score (nSPS) is 16.4. The number of ketones is 2. The first-order chi connectivity index (χ1) is 50.7. The summed E-state index contributed by atoms with van der Waals surface area (Å²) < 4.78 is 46.9. The van der Waals surface area contributed by atoms with E-state index in [0.717, 1.165) is 39.6 Å². The second kappa shape index (κ2) is 36.5. The highest BCUT2D eigenvalue weighted by atomic mass is 32.1. The molecule has 5 aliphatic rings. The number of hydrogen-bond donors (Lipinski definition) is 6. The molecule has 4 aliphatic heterocycles. The van der Waals surface area contributed by atoms with Gasteiger partial charge in [0.15, 0.2) is 11.6 Å². The van der Waals surface area contributed by atoms with Crippen LogP contribution in [-0.4, -0.2) is 177 Å². The number of benzene rings is 6. The summed E-state index contributed by atoms with van der Waals surface area (Å²) in [5.41, 5.74) is 13.8. The van der Waals surface area contributed by atoms with E-state index in [1.54, 1.807) is 89.5 Å². The number of rotatable bonds is 27. The Labute approximate surface area is 618 Å². The zero-order valence-electron chi connectivity index (χ0n) is 58.7. The number of cyclic esters (lactones) is 2. The minimum Gasteiger partial charge on any atom is -0.449 e. The maximum Gasteiger partial charge on any atom is 0.414 e. The fourth-order valence-corrected chi connectivity index (χ4v) is 13.0. The van der Waals surface area contributed by atoms with Gasteiger partial charge in [0.1, 0.15) is 36.5 Å². The number of nitrogens with two attached hydrogens (primary N) is 1. The molecule has 1 aliphatic carbocycles. The number of Topliss-reactive ketones (excluding diaryl/α,β-unsaturated/α-hetero) is 2. The Kier molecular flexibility index (Phi) is 26.7. The molecule has 0 aromatic heterocycles. The number of piperazine rings is 2. The number of nitrogens with zero attached hydrogens (tertiary/aromatic N) is 6. The van der Waals surface area contributed by atoms with Gasteiger partial charge in [-0.15, -0.1) is 0 Å². The van der Waals surface area contributed by atoms with E-state index in [9.17, 15) is 43.2 Å². The number of nitrogens with one attached hydrogen (secondary N) is 5. The molecule has 24 nitrogen and oxygen atoms in total. The van der Waals surface area contributed by atoms with Gasteiger partial charge < -0.3 is 66.1 Å². The summed E-state index contributed by atoms with van der Waals surface area (Å²) >= 11 is 10.3. The van der Waals surface area contributed by atoms with Crippen molar-refractivity contribution < 1.29 is 66.1 Å². The van der Waals surface area contributed by atoms with E-state index in [1.165, 1.54) is 28.0 Å². The molecule has 0 bridgehead atoms. The van der Waals surface area contributed by atoms with Gasteiger partial charge in [0.05, 0.1) is 58.9 Å². The smallest absolute Gasteiger partial charge is 0.414 e. The lowest BCUT2D eigenvalue weighted by Crippen LogP contribution is -2.49. The fraction of sp³-hybridized carbons (Fsp3) is 0.364. The lowest BCUT2D eigenvalue weighted by Gasteiger charge is -2.36. The number of carbonyl (C=O) groups excluding carboxylic acids is 9. The van der Waals surface area contributed by atoms with Crippen molar-refractivity contribution in [1.82, 2.24) is 36.4 Å². The van der Waals surface area contributed by atoms with E-state index in [2.05, 4.69) is 38.7 Å². The average molecular weight is 1470 g/mol. The average Bonchev–Trinajstić information content (AvgIpc) is 1.62. The Morgan fingerprint density at radius 2 is 1.00 bits per heavy atom. The highest BCUT2D eigenvalue weighted by molar-refractivity contribution is 7.80. The molecule has 0 saturated carbocycles. The van der Waals surface area contributed by atoms with Gasteiger partial charge >= 0.3 is 18.3 Å². The van der Waals surface area contributed by atoms with Crippen LogP contribution in [0.15, 0.2) is 146 Å². The molecule has 7 amide bonds. The predicted octanol–water partition coefficient (Wildman–Crippen LogP) is 9.21. The van der Waals surface area contributed by atoms with Gasteiger partial charge in [0, 0.05) is 114 Å². The Morgan fingerprint density at radius 3 is 1.42 bits per heavy atom. The standard InChI is InChI=1S/C46H49FN6O7S.C31H37FN6O5S/c1-3-42(61)48-26-33-27-53(46(58)60-33)32-16-17-40(39(47)24-32)51-20-22-52(23-21-51)43(55)19-18-41(54)31-14-12-30(13-15-31)25-49-44(56)29(2)50-45(57)59-28-38-36-10-6-4-8-34(36)35-9-5-7-11-37(35)38;1-2-29(44)35-19-24-20-38(31(42)43-24)23-7-8-26(25(32)17-23)36-13-15-37(16-14-36)30(41)10-9-27(39)22-5-3-21(4-6-22)18-34-28(40)11-12-33/h4-17,24,29,33,38H,3,18-23,25-28H2,1-2H3,(H,48,61)(H,49,56)(H,50,57);3-8,11-12,17,24H,2,9-10,13-16,18-20,33H2,1H3,(H,34,40)(H,35,44)/b;12-11+/t29?,33-;24-/m00/s1. The van der Waals surface area contributed by atoms with Crippen molar-refractivity contribution in [2.45, 2.75) is 96.6 Å². The van der Waals surface area contributed by atoms with Crippen molar-refractivity contribution in [3.05, 3.63) is 191 Å². The third-order valence-electron chi connectivity index (χ3n) is 18.8. The molecule has 28 heteroatoms. The van der Waals surface area contributed by atoms with E-state index in [1.807, 2.05) is 60.0 Å². The second-order valence-electron chi connectivity index (χ2n) is 25.8. The number of halogens is 2. The molecule has 105 heavy (non-hydrogen) atoms. The lowest BCUT2D eigenvalue weighted by molar-refractivity contribution is -0.132. The molecular weight excluding hydrogens is 1390 g/mol. The van der Waals surface area contributed by atoms with Crippen molar-refractivity contribution in [3.63, 3.8) is 0 Å². The molecule has 11 rings (SSSR count). The molecule has 6 aromatic carbocycles. The van der Waals surface area contributed by atoms with E-state index in [-0.39, 0.29) is 86.7 Å². The fourth-order valence-electron chi connectivity index (χ4n) is 12.8. The van der Waals surface area contributed by atoms with E-state index >= 15 is 8.78 Å². The second-order valence-corrected chi connectivity index (χ2v) is 26.8. The number of fused-ring (bicyclic) bond motifs is 3. The number of amides is 7. The zero-order valence-corrected chi connectivity index (χ0v) is 60.4. The first-order valence-corrected chi connectivity index (χ1v) is 35.9. The molecule has 0 radical (unpaired) electrons. The Balaban J connectivity index is 0.000000238. The van der Waals surface area contributed by atoms with Gasteiger partial charge in [0.25, 0.3) is 0 Å². The lowest BCUT2D eigenvalue weighted by atomic mass is 9.98. The van der Waals surface area contributed by atoms with Crippen molar-refractivity contribution in [2.24, 2.45) is 5.73 Å². The summed E-state index contributed by atoms with van der Waals surface area (Å²) in [6, 6.07) is 38.2. The predicted molar refractivity (Wildman–Crippen MR) is 402 cm³/mol. The minimum atomic E-state index is -0.846. The highest BCUT2D eigenvalue weighted by Crippen LogP contribution is 2.44. The largest absolute Gasteiger partial charge is 0.449 e. The highest BCUT2D eigenvalue weighted by Gasteiger charge is 2.36. The zero-order chi connectivity index (χ0) is 74.7. The summed E-state index contributed by atoms with van der Waals surface area (Å²) in [6.45, 7) is 10.7. The number of thiocarbonyl (C=S) groups is 2. The van der Waals surface area contributed by atoms with Crippen molar-refractivity contribution in [2.75, 3.05) is 105 Å². The molecule has 1 unspecified atom stereocenters. The molecule has 4 saturated heterocycles. The summed E-state index contributed by atoms with van der Waals surface area (Å²) in [4.78, 5) is 125. The summed E-state index contributed by atoms with van der Waals surface area (Å²) in [6.07, 6.45) is 1.45. The van der Waals surface area contributed by atoms with Crippen LogP contribution in [0.2, 0.25) is 0 Å². The third-order valence-corrected chi connectivity index (χ3v) is 19.7. The van der Waals surface area contributed by atoms with Gasteiger partial charge in [-0.1, -0.05) is 135 Å². The van der Waals surface area contributed by atoms with Gasteiger partial charge in [-0.3, -0.25) is 38.6 Å². The van der Waals surface area contributed by atoms with E-state index in [4.69, 9.17) is 44.4 Å². The van der Waals surface area contributed by atoms with Crippen LogP contribution in [0, 0.1) is 11.6 Å². The van der Waals surface area contributed by atoms with Crippen molar-refractivity contribution in [3.8, 4) is 11.1 Å².